The van der Waals surface area contributed by atoms with Gasteiger partial charge in [-0.15, -0.1) is 0 Å². The second-order valence-corrected chi connectivity index (χ2v) is 7.29. The van der Waals surface area contributed by atoms with Crippen LogP contribution in [0.1, 0.15) is 41.0 Å². The van der Waals surface area contributed by atoms with E-state index in [9.17, 15) is 4.79 Å². The summed E-state index contributed by atoms with van der Waals surface area (Å²) in [6, 6.07) is 0.460. The van der Waals surface area contributed by atoms with Gasteiger partial charge in [0.1, 0.15) is 5.60 Å². The molecule has 0 spiro atoms. The van der Waals surface area contributed by atoms with Gasteiger partial charge in [-0.2, -0.15) is 0 Å². The van der Waals surface area contributed by atoms with Gasteiger partial charge in [0.25, 0.3) is 0 Å². The van der Waals surface area contributed by atoms with Crippen LogP contribution >= 0.6 is 0 Å². The van der Waals surface area contributed by atoms with Crippen LogP contribution in [0.3, 0.4) is 0 Å². The Morgan fingerprint density at radius 2 is 2.10 bits per heavy atom. The molecule has 1 rings (SSSR count). The standard InChI is InChI=1S/C16H32N2O3/c1-12(9-17-13(2)14-7-8-20-11-14)10-18(6)15(19)21-16(3,4)5/h12-14,17H,7-11H2,1-6H3. The summed E-state index contributed by atoms with van der Waals surface area (Å²) >= 11 is 0. The van der Waals surface area contributed by atoms with Gasteiger partial charge in [-0.05, 0) is 52.5 Å². The molecule has 21 heavy (non-hydrogen) atoms. The molecule has 3 atom stereocenters. The van der Waals surface area contributed by atoms with E-state index in [1.807, 2.05) is 20.8 Å². The average molecular weight is 300 g/mol. The Kier molecular flexibility index (Phi) is 6.94. The van der Waals surface area contributed by atoms with Crippen molar-refractivity contribution in [1.29, 1.82) is 0 Å². The first kappa shape index (κ1) is 18.2. The van der Waals surface area contributed by atoms with Crippen molar-refractivity contribution in [3.05, 3.63) is 0 Å². The van der Waals surface area contributed by atoms with Crippen LogP contribution in [-0.2, 0) is 9.47 Å². The lowest BCUT2D eigenvalue weighted by Gasteiger charge is -2.27. The molecule has 1 saturated heterocycles. The van der Waals surface area contributed by atoms with Crippen LogP contribution in [0.15, 0.2) is 0 Å². The summed E-state index contributed by atoms with van der Waals surface area (Å²) in [4.78, 5) is 13.6. The minimum Gasteiger partial charge on any atom is -0.444 e. The maximum atomic E-state index is 11.9. The summed E-state index contributed by atoms with van der Waals surface area (Å²) in [5.41, 5.74) is -0.441. The first-order valence-electron chi connectivity index (χ1n) is 7.94. The highest BCUT2D eigenvalue weighted by atomic mass is 16.6. The van der Waals surface area contributed by atoms with Crippen LogP contribution in [0.5, 0.6) is 0 Å². The lowest BCUT2D eigenvalue weighted by molar-refractivity contribution is 0.0276. The number of amides is 1. The molecule has 5 nitrogen and oxygen atoms in total. The Morgan fingerprint density at radius 3 is 2.62 bits per heavy atom. The van der Waals surface area contributed by atoms with Crippen LogP contribution in [0.4, 0.5) is 4.79 Å². The minimum atomic E-state index is -0.441. The number of hydrogen-bond donors (Lipinski definition) is 1. The van der Waals surface area contributed by atoms with E-state index in [4.69, 9.17) is 9.47 Å². The molecule has 1 fully saturated rings. The second-order valence-electron chi connectivity index (χ2n) is 7.29. The molecule has 124 valence electrons. The number of carbonyl (C=O) groups excluding carboxylic acids is 1. The first-order chi connectivity index (χ1) is 9.69. The van der Waals surface area contributed by atoms with Gasteiger partial charge < -0.3 is 19.7 Å². The largest absolute Gasteiger partial charge is 0.444 e. The van der Waals surface area contributed by atoms with Crippen LogP contribution in [-0.4, -0.2) is 56.0 Å². The maximum Gasteiger partial charge on any atom is 0.410 e. The van der Waals surface area contributed by atoms with Crippen LogP contribution in [0, 0.1) is 11.8 Å². The molecule has 0 bridgehead atoms. The quantitative estimate of drug-likeness (QED) is 0.819. The van der Waals surface area contributed by atoms with Crippen molar-refractivity contribution >= 4 is 6.09 Å². The van der Waals surface area contributed by atoms with Gasteiger partial charge in [0.15, 0.2) is 0 Å². The van der Waals surface area contributed by atoms with E-state index in [2.05, 4.69) is 19.2 Å². The Morgan fingerprint density at radius 1 is 1.43 bits per heavy atom. The van der Waals surface area contributed by atoms with Crippen molar-refractivity contribution in [2.24, 2.45) is 11.8 Å². The molecule has 0 aromatic rings. The molecule has 0 aromatic carbocycles. The van der Waals surface area contributed by atoms with Crippen molar-refractivity contribution < 1.29 is 14.3 Å². The summed E-state index contributed by atoms with van der Waals surface area (Å²) in [6.07, 6.45) is 0.881. The number of ether oxygens (including phenoxy) is 2. The first-order valence-corrected chi connectivity index (χ1v) is 7.94. The third-order valence-corrected chi connectivity index (χ3v) is 3.75. The molecule has 1 N–H and O–H groups in total. The predicted octanol–water partition coefficient (Wildman–Crippen LogP) is 2.50. The van der Waals surface area contributed by atoms with Crippen LogP contribution in [0.25, 0.3) is 0 Å². The second kappa shape index (κ2) is 7.99. The summed E-state index contributed by atoms with van der Waals surface area (Å²) in [6.45, 7) is 13.3. The number of nitrogens with zero attached hydrogens (tertiary/aromatic N) is 1. The lowest BCUT2D eigenvalue weighted by atomic mass is 10.00. The fourth-order valence-electron chi connectivity index (χ4n) is 2.45. The summed E-state index contributed by atoms with van der Waals surface area (Å²) in [7, 11) is 1.79. The maximum absolute atomic E-state index is 11.9. The summed E-state index contributed by atoms with van der Waals surface area (Å²) in [5.74, 6) is 0.994. The molecule has 1 aliphatic rings. The number of rotatable bonds is 6. The smallest absolute Gasteiger partial charge is 0.410 e. The van der Waals surface area contributed by atoms with Crippen molar-refractivity contribution in [1.82, 2.24) is 10.2 Å². The highest BCUT2D eigenvalue weighted by Gasteiger charge is 2.23. The van der Waals surface area contributed by atoms with Gasteiger partial charge >= 0.3 is 6.09 Å². The molecular weight excluding hydrogens is 268 g/mol. The van der Waals surface area contributed by atoms with E-state index in [1.165, 1.54) is 0 Å². The molecule has 5 heteroatoms. The molecular formula is C16H32N2O3. The average Bonchev–Trinajstić information content (AvgIpc) is 2.87. The van der Waals surface area contributed by atoms with Crippen LogP contribution < -0.4 is 5.32 Å². The van der Waals surface area contributed by atoms with Gasteiger partial charge in [-0.25, -0.2) is 4.79 Å². The van der Waals surface area contributed by atoms with Gasteiger partial charge in [0.05, 0.1) is 6.61 Å². The third kappa shape index (κ3) is 7.14. The van der Waals surface area contributed by atoms with Gasteiger partial charge in [-0.3, -0.25) is 0 Å². The van der Waals surface area contributed by atoms with Crippen molar-refractivity contribution in [2.75, 3.05) is 33.4 Å². The highest BCUT2D eigenvalue weighted by Crippen LogP contribution is 2.16. The molecule has 0 aliphatic carbocycles. The van der Waals surface area contributed by atoms with Crippen molar-refractivity contribution in [3.8, 4) is 0 Å². The van der Waals surface area contributed by atoms with Crippen molar-refractivity contribution in [3.63, 3.8) is 0 Å². The molecule has 0 radical (unpaired) electrons. The Balaban J connectivity index is 2.25. The molecule has 3 unspecified atom stereocenters. The SMILES string of the molecule is CC(CNC(C)C1CCOC1)CN(C)C(=O)OC(C)(C)C. The number of hydrogen-bond acceptors (Lipinski definition) is 4. The Hall–Kier alpha value is -0.810. The fourth-order valence-corrected chi connectivity index (χ4v) is 2.45. The van der Waals surface area contributed by atoms with Gasteiger partial charge in [-0.1, -0.05) is 6.92 Å². The summed E-state index contributed by atoms with van der Waals surface area (Å²) < 4.78 is 10.8. The monoisotopic (exact) mass is 300 g/mol. The minimum absolute atomic E-state index is 0.258. The Bertz CT molecular complexity index is 322. The molecule has 0 aromatic heterocycles. The van der Waals surface area contributed by atoms with E-state index < -0.39 is 5.60 Å². The van der Waals surface area contributed by atoms with E-state index in [0.717, 1.165) is 26.2 Å². The molecule has 1 heterocycles. The zero-order chi connectivity index (χ0) is 16.0. The summed E-state index contributed by atoms with van der Waals surface area (Å²) in [5, 5.41) is 3.56. The van der Waals surface area contributed by atoms with Crippen molar-refractivity contribution in [2.45, 2.75) is 52.7 Å². The normalized spacial score (nSPS) is 21.9. The lowest BCUT2D eigenvalue weighted by Crippen LogP contribution is -2.41. The molecule has 1 aliphatic heterocycles. The third-order valence-electron chi connectivity index (χ3n) is 3.75. The molecule has 0 saturated carbocycles. The predicted molar refractivity (Wildman–Crippen MR) is 84.4 cm³/mol. The number of nitrogens with one attached hydrogen (secondary N) is 1. The van der Waals surface area contributed by atoms with E-state index in [1.54, 1.807) is 11.9 Å². The van der Waals surface area contributed by atoms with E-state index >= 15 is 0 Å². The topological polar surface area (TPSA) is 50.8 Å². The zero-order valence-corrected chi connectivity index (χ0v) is 14.4. The molecule has 1 amide bonds. The van der Waals surface area contributed by atoms with Gasteiger partial charge in [0, 0.05) is 26.2 Å². The number of carbonyl (C=O) groups is 1. The van der Waals surface area contributed by atoms with Crippen LogP contribution in [0.2, 0.25) is 0 Å². The Labute approximate surface area is 129 Å². The fraction of sp³-hybridized carbons (Fsp3) is 0.938. The zero-order valence-electron chi connectivity index (χ0n) is 14.4. The van der Waals surface area contributed by atoms with E-state index in [0.29, 0.717) is 24.4 Å². The highest BCUT2D eigenvalue weighted by molar-refractivity contribution is 5.67. The van der Waals surface area contributed by atoms with Gasteiger partial charge in [0.2, 0.25) is 0 Å². The van der Waals surface area contributed by atoms with E-state index in [-0.39, 0.29) is 6.09 Å².